The van der Waals surface area contributed by atoms with Gasteiger partial charge in [0, 0.05) is 29.4 Å². The van der Waals surface area contributed by atoms with Gasteiger partial charge in [-0.25, -0.2) is 9.59 Å². The Bertz CT molecular complexity index is 860. The third kappa shape index (κ3) is 8.91. The molecule has 0 bridgehead atoms. The van der Waals surface area contributed by atoms with Crippen LogP contribution < -0.4 is 40.0 Å². The van der Waals surface area contributed by atoms with Crippen LogP contribution in [0.5, 0.6) is 0 Å². The van der Waals surface area contributed by atoms with Crippen LogP contribution in [-0.4, -0.2) is 30.9 Å². The average molecular weight is 456 g/mol. The van der Waals surface area contributed by atoms with Crippen LogP contribution in [-0.2, 0) is 14.3 Å². The van der Waals surface area contributed by atoms with E-state index in [0.29, 0.717) is 16.1 Å². The molecule has 0 aliphatic heterocycles. The summed E-state index contributed by atoms with van der Waals surface area (Å²) in [6.45, 7) is 3.50. The largest absolute Gasteiger partial charge is 1.00 e. The molecule has 2 atom stereocenters. The van der Waals surface area contributed by atoms with Gasteiger partial charge in [-0.15, -0.1) is 0 Å². The minimum Gasteiger partial charge on any atom is -0.549 e. The molecule has 1 amide bonds. The Morgan fingerprint density at radius 1 is 1.00 bits per heavy atom. The molecule has 1 N–H and O–H groups in total. The Balaban J connectivity index is 0.00000480. The zero-order valence-electron chi connectivity index (χ0n) is 17.7. The van der Waals surface area contributed by atoms with E-state index in [4.69, 9.17) is 21.1 Å². The maximum Gasteiger partial charge on any atom is 1.00 e. The van der Waals surface area contributed by atoms with Crippen LogP contribution in [0, 0.1) is 5.92 Å². The van der Waals surface area contributed by atoms with Crippen molar-refractivity contribution in [2.24, 2.45) is 5.92 Å². The van der Waals surface area contributed by atoms with Crippen molar-refractivity contribution in [1.82, 2.24) is 5.32 Å². The minimum atomic E-state index is -1.26. The van der Waals surface area contributed by atoms with E-state index in [9.17, 15) is 19.5 Å². The molecule has 2 unspecified atom stereocenters. The molecule has 7 nitrogen and oxygen atoms in total. The van der Waals surface area contributed by atoms with Gasteiger partial charge in [0.25, 0.3) is 6.29 Å². The van der Waals surface area contributed by atoms with Gasteiger partial charge in [-0.05, 0) is 36.2 Å². The normalized spacial score (nSPS) is 12.3. The number of esters is 1. The molecular weight excluding hydrogens is 433 g/mol. The Hall–Kier alpha value is -2.06. The number of rotatable bonds is 9. The van der Waals surface area contributed by atoms with Crippen LogP contribution in [0.4, 0.5) is 4.79 Å². The van der Waals surface area contributed by atoms with E-state index < -0.39 is 30.2 Å². The number of alkyl carbamates (subject to hydrolysis) is 1. The monoisotopic (exact) mass is 455 g/mol. The predicted molar refractivity (Wildman–Crippen MR) is 109 cm³/mol. The summed E-state index contributed by atoms with van der Waals surface area (Å²) in [7, 11) is 0. The maximum atomic E-state index is 12.2. The summed E-state index contributed by atoms with van der Waals surface area (Å²) in [6.07, 6.45) is -1.82. The molecular formula is C22H23ClNNaO6. The average Bonchev–Trinajstić information content (AvgIpc) is 2.72. The second-order valence-electron chi connectivity index (χ2n) is 6.93. The zero-order chi connectivity index (χ0) is 22.1. The molecule has 0 spiro atoms. The summed E-state index contributed by atoms with van der Waals surface area (Å²) in [4.78, 5) is 35.7. The molecule has 2 aromatic carbocycles. The van der Waals surface area contributed by atoms with Crippen molar-refractivity contribution in [1.29, 1.82) is 0 Å². The van der Waals surface area contributed by atoms with E-state index in [-0.39, 0.29) is 48.4 Å². The first kappa shape index (κ1) is 27.0. The number of carbonyl (C=O) groups excluding carboxylic acids is 3. The van der Waals surface area contributed by atoms with Gasteiger partial charge in [0.05, 0.1) is 5.56 Å². The third-order valence-corrected chi connectivity index (χ3v) is 4.51. The molecule has 0 radical (unpaired) electrons. The molecule has 0 aromatic heterocycles. The van der Waals surface area contributed by atoms with Crippen molar-refractivity contribution in [2.75, 3.05) is 6.54 Å². The summed E-state index contributed by atoms with van der Waals surface area (Å²) in [6, 6.07) is 14.7. The Morgan fingerprint density at radius 2 is 1.61 bits per heavy atom. The number of ether oxygens (including phenoxy) is 2. The fourth-order valence-electron chi connectivity index (χ4n) is 2.63. The van der Waals surface area contributed by atoms with Gasteiger partial charge in [-0.1, -0.05) is 55.8 Å². The van der Waals surface area contributed by atoms with Crippen molar-refractivity contribution in [3.8, 4) is 0 Å². The number of halogens is 1. The Morgan fingerprint density at radius 3 is 2.16 bits per heavy atom. The quantitative estimate of drug-likeness (QED) is 0.327. The molecule has 2 rings (SSSR count). The van der Waals surface area contributed by atoms with Gasteiger partial charge in [0.1, 0.15) is 0 Å². The summed E-state index contributed by atoms with van der Waals surface area (Å²) in [5.41, 5.74) is 0.860. The van der Waals surface area contributed by atoms with Crippen LogP contribution in [0.15, 0.2) is 54.6 Å². The molecule has 0 fully saturated rings. The van der Waals surface area contributed by atoms with Gasteiger partial charge in [-0.3, -0.25) is 0 Å². The van der Waals surface area contributed by atoms with Gasteiger partial charge in [0.2, 0.25) is 0 Å². The number of hydrogen-bond donors (Lipinski definition) is 1. The summed E-state index contributed by atoms with van der Waals surface area (Å²) in [5.74, 6) is -3.07. The maximum absolute atomic E-state index is 12.2. The number of amides is 1. The Kier molecular flexibility index (Phi) is 11.6. The molecule has 9 heteroatoms. The molecule has 0 saturated carbocycles. The van der Waals surface area contributed by atoms with Gasteiger partial charge in [-0.2, -0.15) is 0 Å². The zero-order valence-corrected chi connectivity index (χ0v) is 20.4. The number of carboxylic acids is 1. The van der Waals surface area contributed by atoms with E-state index in [1.165, 1.54) is 0 Å². The molecule has 0 saturated heterocycles. The molecule has 2 aromatic rings. The van der Waals surface area contributed by atoms with E-state index in [1.54, 1.807) is 68.4 Å². The fourth-order valence-corrected chi connectivity index (χ4v) is 2.75. The SMILES string of the molecule is CC(C)C(OC(=O)NCCC(C(=O)[O-])c1ccc(Cl)cc1)OC(=O)c1ccccc1.[Na+]. The Labute approximate surface area is 208 Å². The number of aliphatic carboxylic acids is 1. The van der Waals surface area contributed by atoms with Crippen molar-refractivity contribution >= 4 is 29.6 Å². The smallest absolute Gasteiger partial charge is 0.549 e. The van der Waals surface area contributed by atoms with Crippen molar-refractivity contribution < 1.29 is 58.5 Å². The second kappa shape index (κ2) is 13.4. The van der Waals surface area contributed by atoms with Crippen molar-refractivity contribution in [2.45, 2.75) is 32.5 Å². The van der Waals surface area contributed by atoms with E-state index in [0.717, 1.165) is 0 Å². The van der Waals surface area contributed by atoms with Crippen LogP contribution in [0.3, 0.4) is 0 Å². The standard InChI is InChI=1S/C22H24ClNO6.Na/c1-14(2)21(29-20(27)16-6-4-3-5-7-16)30-22(28)24-13-12-18(19(25)26)15-8-10-17(23)11-9-15;/h3-11,14,18,21H,12-13H2,1-2H3,(H,24,28)(H,25,26);/q;+1/p-1. The summed E-state index contributed by atoms with van der Waals surface area (Å²) < 4.78 is 10.5. The molecule has 0 aliphatic carbocycles. The third-order valence-electron chi connectivity index (χ3n) is 4.26. The van der Waals surface area contributed by atoms with Crippen LogP contribution >= 0.6 is 11.6 Å². The van der Waals surface area contributed by atoms with Crippen LogP contribution in [0.2, 0.25) is 5.02 Å². The predicted octanol–water partition coefficient (Wildman–Crippen LogP) is 0.133. The van der Waals surface area contributed by atoms with Gasteiger partial charge in [0.15, 0.2) is 0 Å². The van der Waals surface area contributed by atoms with E-state index in [1.807, 2.05) is 0 Å². The number of nitrogens with one attached hydrogen (secondary N) is 1. The van der Waals surface area contributed by atoms with Gasteiger partial charge >= 0.3 is 41.6 Å². The number of carbonyl (C=O) groups is 3. The number of hydrogen-bond acceptors (Lipinski definition) is 6. The second-order valence-corrected chi connectivity index (χ2v) is 7.36. The van der Waals surface area contributed by atoms with E-state index in [2.05, 4.69) is 5.32 Å². The van der Waals surface area contributed by atoms with Gasteiger partial charge < -0.3 is 24.7 Å². The molecule has 0 heterocycles. The molecule has 31 heavy (non-hydrogen) atoms. The van der Waals surface area contributed by atoms with E-state index >= 15 is 0 Å². The number of benzene rings is 2. The molecule has 0 aliphatic rings. The topological polar surface area (TPSA) is 105 Å². The summed E-state index contributed by atoms with van der Waals surface area (Å²) >= 11 is 5.82. The minimum absolute atomic E-state index is 0. The van der Waals surface area contributed by atoms with Crippen LogP contribution in [0.1, 0.15) is 42.1 Å². The van der Waals surface area contributed by atoms with Crippen molar-refractivity contribution in [3.05, 3.63) is 70.7 Å². The molecule has 160 valence electrons. The fraction of sp³-hybridized carbons (Fsp3) is 0.318. The summed E-state index contributed by atoms with van der Waals surface area (Å²) in [5, 5.41) is 14.4. The first-order chi connectivity index (χ1) is 14.3. The van der Waals surface area contributed by atoms with Crippen molar-refractivity contribution in [3.63, 3.8) is 0 Å². The van der Waals surface area contributed by atoms with Crippen LogP contribution in [0.25, 0.3) is 0 Å². The number of carboxylic acid groups (broad SMARTS) is 1. The first-order valence-electron chi connectivity index (χ1n) is 9.44. The first-order valence-corrected chi connectivity index (χ1v) is 9.82.